The van der Waals surface area contributed by atoms with E-state index in [1.807, 2.05) is 47.0 Å². The number of fused-ring (bicyclic) bond motifs is 3. The van der Waals surface area contributed by atoms with Crippen LogP contribution in [0.2, 0.25) is 0 Å². The zero-order valence-electron chi connectivity index (χ0n) is 19.8. The number of benzene rings is 3. The summed E-state index contributed by atoms with van der Waals surface area (Å²) in [6.45, 7) is 0. The lowest BCUT2D eigenvalue weighted by molar-refractivity contribution is 0.402. The summed E-state index contributed by atoms with van der Waals surface area (Å²) in [6.07, 6.45) is 3.66. The molecule has 3 aromatic carbocycles. The van der Waals surface area contributed by atoms with Crippen molar-refractivity contribution in [1.29, 1.82) is 0 Å². The van der Waals surface area contributed by atoms with Crippen LogP contribution in [0.25, 0.3) is 11.8 Å². The number of ether oxygens (including phenoxy) is 2. The van der Waals surface area contributed by atoms with Crippen molar-refractivity contribution in [2.75, 3.05) is 14.2 Å². The van der Waals surface area contributed by atoms with Crippen LogP contribution in [0.1, 0.15) is 34.7 Å². The standard InChI is InChI=1S/C29H23BrN2O3S/c1-34-19-12-14-23(30)18(15-19)16-25-28(33)32-27(21-9-5-6-10-24(21)35-2)22-13-11-17-7-3-4-8-20(17)26(22)31-29(32)36-25/h3-10,12,14-16,27H,11,13H2,1-2H3/b25-16-/t27-/m1/s1. The molecule has 36 heavy (non-hydrogen) atoms. The first-order chi connectivity index (χ1) is 17.6. The Bertz CT molecular complexity index is 1720. The number of para-hydroxylation sites is 1. The van der Waals surface area contributed by atoms with Crippen LogP contribution in [0.4, 0.5) is 0 Å². The second-order valence-corrected chi connectivity index (χ2v) is 10.6. The average molecular weight is 559 g/mol. The summed E-state index contributed by atoms with van der Waals surface area (Å²) in [5, 5.41) is 0. The van der Waals surface area contributed by atoms with E-state index in [-0.39, 0.29) is 11.6 Å². The number of nitrogens with zero attached hydrogens (tertiary/aromatic N) is 2. The van der Waals surface area contributed by atoms with Crippen LogP contribution in [0, 0.1) is 0 Å². The third-order valence-electron chi connectivity index (χ3n) is 6.80. The molecule has 180 valence electrons. The fourth-order valence-corrected chi connectivity index (χ4v) is 6.44. The molecule has 0 N–H and O–H groups in total. The third kappa shape index (κ3) is 3.74. The maximum Gasteiger partial charge on any atom is 0.271 e. The van der Waals surface area contributed by atoms with Gasteiger partial charge in [-0.3, -0.25) is 9.36 Å². The molecule has 0 amide bonds. The average Bonchev–Trinajstić information content (AvgIpc) is 3.23. The van der Waals surface area contributed by atoms with Gasteiger partial charge in [-0.05, 0) is 59.9 Å². The fourth-order valence-electron chi connectivity index (χ4n) is 5.09. The molecule has 1 aromatic heterocycles. The Morgan fingerprint density at radius 1 is 1.03 bits per heavy atom. The molecular weight excluding hydrogens is 536 g/mol. The van der Waals surface area contributed by atoms with Crippen LogP contribution in [-0.4, -0.2) is 18.8 Å². The van der Waals surface area contributed by atoms with Crippen molar-refractivity contribution in [3.63, 3.8) is 0 Å². The maximum atomic E-state index is 14.0. The van der Waals surface area contributed by atoms with Gasteiger partial charge in [0, 0.05) is 15.6 Å². The molecule has 0 unspecified atom stereocenters. The van der Waals surface area contributed by atoms with Crippen LogP contribution >= 0.6 is 27.3 Å². The number of halogens is 1. The Hall–Kier alpha value is -3.42. The lowest BCUT2D eigenvalue weighted by Crippen LogP contribution is -2.39. The lowest BCUT2D eigenvalue weighted by Gasteiger charge is -2.31. The van der Waals surface area contributed by atoms with E-state index in [4.69, 9.17) is 14.5 Å². The van der Waals surface area contributed by atoms with Gasteiger partial charge in [0.15, 0.2) is 4.80 Å². The van der Waals surface area contributed by atoms with E-state index in [0.29, 0.717) is 9.33 Å². The van der Waals surface area contributed by atoms with Crippen molar-refractivity contribution < 1.29 is 9.47 Å². The van der Waals surface area contributed by atoms with Crippen molar-refractivity contribution in [2.45, 2.75) is 18.9 Å². The highest BCUT2D eigenvalue weighted by atomic mass is 79.9. The third-order valence-corrected chi connectivity index (χ3v) is 8.50. The fraction of sp³-hybridized carbons (Fsp3) is 0.172. The SMILES string of the molecule is COc1ccc(Br)c(/C=c2\sc3n(c2=O)[C@H](c2ccccc2OC)C2=C(N=3)c3ccccc3CC2)c1. The van der Waals surface area contributed by atoms with Gasteiger partial charge in [0.25, 0.3) is 5.56 Å². The topological polar surface area (TPSA) is 52.8 Å². The van der Waals surface area contributed by atoms with Crippen LogP contribution in [-0.2, 0) is 6.42 Å². The number of aromatic nitrogens is 1. The number of aryl methyl sites for hydroxylation is 1. The number of methoxy groups -OCH3 is 2. The Kier molecular flexibility index (Phi) is 5.90. The van der Waals surface area contributed by atoms with Crippen molar-refractivity contribution in [3.8, 4) is 11.5 Å². The van der Waals surface area contributed by atoms with Gasteiger partial charge < -0.3 is 9.47 Å². The predicted molar refractivity (Wildman–Crippen MR) is 146 cm³/mol. The second-order valence-electron chi connectivity index (χ2n) is 8.74. The smallest absolute Gasteiger partial charge is 0.271 e. The molecule has 0 saturated carbocycles. The second kappa shape index (κ2) is 9.22. The number of hydrogen-bond donors (Lipinski definition) is 0. The highest BCUT2D eigenvalue weighted by molar-refractivity contribution is 9.10. The molecule has 0 saturated heterocycles. The molecule has 0 fully saturated rings. The Balaban J connectivity index is 1.64. The maximum absolute atomic E-state index is 14.0. The molecule has 6 rings (SSSR count). The van der Waals surface area contributed by atoms with Crippen molar-refractivity contribution in [1.82, 2.24) is 4.57 Å². The minimum absolute atomic E-state index is 0.0604. The Labute approximate surface area is 220 Å². The van der Waals surface area contributed by atoms with Gasteiger partial charge in [-0.1, -0.05) is 69.7 Å². The molecule has 5 nitrogen and oxygen atoms in total. The van der Waals surface area contributed by atoms with E-state index in [9.17, 15) is 4.79 Å². The first-order valence-electron chi connectivity index (χ1n) is 11.7. The van der Waals surface area contributed by atoms with Crippen LogP contribution < -0.4 is 24.4 Å². The highest BCUT2D eigenvalue weighted by Gasteiger charge is 2.33. The van der Waals surface area contributed by atoms with Crippen LogP contribution in [0.3, 0.4) is 0 Å². The van der Waals surface area contributed by atoms with E-state index in [1.54, 1.807) is 14.2 Å². The van der Waals surface area contributed by atoms with Gasteiger partial charge in [0.05, 0.1) is 30.5 Å². The molecule has 2 aliphatic rings. The van der Waals surface area contributed by atoms with Gasteiger partial charge in [0.1, 0.15) is 11.5 Å². The minimum Gasteiger partial charge on any atom is -0.497 e. The lowest BCUT2D eigenvalue weighted by atomic mass is 9.83. The van der Waals surface area contributed by atoms with E-state index in [1.165, 1.54) is 16.9 Å². The zero-order chi connectivity index (χ0) is 24.8. The van der Waals surface area contributed by atoms with E-state index < -0.39 is 0 Å². The van der Waals surface area contributed by atoms with Gasteiger partial charge in [-0.15, -0.1) is 0 Å². The first-order valence-corrected chi connectivity index (χ1v) is 13.3. The largest absolute Gasteiger partial charge is 0.497 e. The van der Waals surface area contributed by atoms with Gasteiger partial charge in [-0.2, -0.15) is 0 Å². The first kappa shape index (κ1) is 23.0. The zero-order valence-corrected chi connectivity index (χ0v) is 22.2. The quantitative estimate of drug-likeness (QED) is 0.350. The summed E-state index contributed by atoms with van der Waals surface area (Å²) < 4.78 is 14.5. The highest BCUT2D eigenvalue weighted by Crippen LogP contribution is 2.43. The molecule has 1 atom stereocenters. The molecular formula is C29H23BrN2O3S. The molecule has 1 aliphatic heterocycles. The molecule has 2 heterocycles. The van der Waals surface area contributed by atoms with Gasteiger partial charge >= 0.3 is 0 Å². The van der Waals surface area contributed by atoms with Gasteiger partial charge in [0.2, 0.25) is 0 Å². The predicted octanol–water partition coefficient (Wildman–Crippen LogP) is 5.10. The molecule has 4 aromatic rings. The van der Waals surface area contributed by atoms with Crippen molar-refractivity contribution in [2.24, 2.45) is 4.99 Å². The summed E-state index contributed by atoms with van der Waals surface area (Å²) in [6, 6.07) is 21.8. The molecule has 0 radical (unpaired) electrons. The molecule has 1 aliphatic carbocycles. The Morgan fingerprint density at radius 2 is 1.83 bits per heavy atom. The minimum atomic E-state index is -0.281. The normalized spacial score (nSPS) is 16.6. The number of allylic oxidation sites excluding steroid dienone is 1. The van der Waals surface area contributed by atoms with Crippen molar-refractivity contribution >= 4 is 39.0 Å². The van der Waals surface area contributed by atoms with E-state index >= 15 is 0 Å². The Morgan fingerprint density at radius 3 is 2.67 bits per heavy atom. The molecule has 0 spiro atoms. The van der Waals surface area contributed by atoms with Crippen LogP contribution in [0.15, 0.2) is 86.6 Å². The summed E-state index contributed by atoms with van der Waals surface area (Å²) in [5.74, 6) is 1.50. The molecule has 0 bridgehead atoms. The van der Waals surface area contributed by atoms with Gasteiger partial charge in [-0.25, -0.2) is 4.99 Å². The monoisotopic (exact) mass is 558 g/mol. The van der Waals surface area contributed by atoms with E-state index in [0.717, 1.165) is 56.8 Å². The summed E-state index contributed by atoms with van der Waals surface area (Å²) in [4.78, 5) is 19.7. The number of hydrogen-bond acceptors (Lipinski definition) is 5. The van der Waals surface area contributed by atoms with Crippen molar-refractivity contribution in [3.05, 3.63) is 119 Å². The van der Waals surface area contributed by atoms with E-state index in [2.05, 4.69) is 46.3 Å². The summed E-state index contributed by atoms with van der Waals surface area (Å²) in [5.41, 5.74) is 6.35. The number of thiazole rings is 1. The summed E-state index contributed by atoms with van der Waals surface area (Å²) in [7, 11) is 3.31. The van der Waals surface area contributed by atoms with Crippen LogP contribution in [0.5, 0.6) is 11.5 Å². The molecule has 7 heteroatoms. The summed E-state index contributed by atoms with van der Waals surface area (Å²) >= 11 is 5.02. The number of rotatable bonds is 4.